The molecule has 1 heterocycles. The van der Waals surface area contributed by atoms with Gasteiger partial charge in [-0.2, -0.15) is 0 Å². The van der Waals surface area contributed by atoms with Crippen LogP contribution in [0.5, 0.6) is 0 Å². The highest BCUT2D eigenvalue weighted by Crippen LogP contribution is 2.04. The van der Waals surface area contributed by atoms with Crippen LogP contribution in [0.1, 0.15) is 5.56 Å². The van der Waals surface area contributed by atoms with Crippen molar-refractivity contribution in [3.8, 4) is 0 Å². The zero-order valence-corrected chi connectivity index (χ0v) is 12.4. The largest absolute Gasteiger partial charge is 0.359 e. The van der Waals surface area contributed by atoms with Crippen LogP contribution in [0.3, 0.4) is 0 Å². The molecule has 1 aromatic carbocycles. The molecule has 2 N–H and O–H groups in total. The van der Waals surface area contributed by atoms with Crippen molar-refractivity contribution in [1.29, 1.82) is 0 Å². The molecule has 5 heteroatoms. The third-order valence-corrected chi connectivity index (χ3v) is 3.96. The first-order chi connectivity index (χ1) is 9.70. The van der Waals surface area contributed by atoms with Crippen LogP contribution >= 0.6 is 12.2 Å². The van der Waals surface area contributed by atoms with Crippen LogP contribution in [0.4, 0.5) is 4.39 Å². The van der Waals surface area contributed by atoms with E-state index in [1.807, 2.05) is 12.1 Å². The monoisotopic (exact) mass is 294 g/mol. The summed E-state index contributed by atoms with van der Waals surface area (Å²) in [4.78, 5) is 3.57. The van der Waals surface area contributed by atoms with Gasteiger partial charge in [0.25, 0.3) is 0 Å². The van der Waals surface area contributed by atoms with E-state index in [0.717, 1.165) is 43.4 Å². The second-order valence-electron chi connectivity index (χ2n) is 4.98. The highest BCUT2D eigenvalue weighted by Gasteiger charge is 2.22. The maximum Gasteiger partial charge on any atom is 0.169 e. The molecule has 1 saturated heterocycles. The van der Waals surface area contributed by atoms with Crippen molar-refractivity contribution in [1.82, 2.24) is 10.2 Å². The predicted octanol–water partition coefficient (Wildman–Crippen LogP) is 0.587. The minimum absolute atomic E-state index is 0.106. The van der Waals surface area contributed by atoms with Crippen molar-refractivity contribution in [3.63, 3.8) is 0 Å². The molecule has 20 heavy (non-hydrogen) atoms. The van der Waals surface area contributed by atoms with E-state index in [9.17, 15) is 4.39 Å². The average molecular weight is 294 g/mol. The number of thiocarbonyl (C=S) groups is 1. The summed E-state index contributed by atoms with van der Waals surface area (Å²) in [5, 5.41) is 3.93. The Hall–Kier alpha value is -1.46. The van der Waals surface area contributed by atoms with Gasteiger partial charge >= 0.3 is 0 Å². The standard InChI is InChI=1S/C15H20FN3S/c1-2-7-17-15(20)19-10-8-18(9-11-19)12-13-5-3-4-6-14(13)16/h2-6H,1,7-12H2,(H,17,20)/p+1. The van der Waals surface area contributed by atoms with E-state index in [0.29, 0.717) is 6.54 Å². The molecule has 1 aliphatic heterocycles. The summed E-state index contributed by atoms with van der Waals surface area (Å²) in [6.07, 6.45) is 1.80. The quantitative estimate of drug-likeness (QED) is 0.626. The zero-order valence-electron chi connectivity index (χ0n) is 11.6. The second-order valence-corrected chi connectivity index (χ2v) is 5.37. The highest BCUT2D eigenvalue weighted by molar-refractivity contribution is 7.80. The van der Waals surface area contributed by atoms with E-state index in [4.69, 9.17) is 12.2 Å². The Morgan fingerprint density at radius 3 is 2.75 bits per heavy atom. The molecule has 0 bridgehead atoms. The van der Waals surface area contributed by atoms with Crippen molar-refractivity contribution in [2.45, 2.75) is 6.54 Å². The first-order valence-electron chi connectivity index (χ1n) is 6.91. The number of halogens is 1. The molecule has 0 radical (unpaired) electrons. The lowest BCUT2D eigenvalue weighted by Gasteiger charge is -2.33. The predicted molar refractivity (Wildman–Crippen MR) is 83.2 cm³/mol. The van der Waals surface area contributed by atoms with Crippen molar-refractivity contribution in [3.05, 3.63) is 48.3 Å². The first kappa shape index (κ1) is 14.9. The van der Waals surface area contributed by atoms with Gasteiger partial charge in [0.15, 0.2) is 5.11 Å². The van der Waals surface area contributed by atoms with Gasteiger partial charge in [-0.3, -0.25) is 0 Å². The summed E-state index contributed by atoms with van der Waals surface area (Å²) in [6.45, 7) is 8.88. The lowest BCUT2D eigenvalue weighted by molar-refractivity contribution is -0.917. The first-order valence-corrected chi connectivity index (χ1v) is 7.32. The Morgan fingerprint density at radius 2 is 2.10 bits per heavy atom. The maximum absolute atomic E-state index is 13.6. The van der Waals surface area contributed by atoms with Crippen molar-refractivity contribution < 1.29 is 9.29 Å². The van der Waals surface area contributed by atoms with E-state index in [1.165, 1.54) is 11.0 Å². The van der Waals surface area contributed by atoms with E-state index in [-0.39, 0.29) is 5.82 Å². The number of benzene rings is 1. The van der Waals surface area contributed by atoms with Gasteiger partial charge in [0.1, 0.15) is 12.4 Å². The molecule has 0 spiro atoms. The summed E-state index contributed by atoms with van der Waals surface area (Å²) in [5.74, 6) is -0.106. The van der Waals surface area contributed by atoms with Gasteiger partial charge in [-0.15, -0.1) is 6.58 Å². The molecule has 1 aromatic rings. The number of piperazine rings is 1. The molecule has 0 unspecified atom stereocenters. The number of nitrogens with zero attached hydrogens (tertiary/aromatic N) is 1. The van der Waals surface area contributed by atoms with Crippen LogP contribution in [0, 0.1) is 5.82 Å². The fraction of sp³-hybridized carbons (Fsp3) is 0.400. The van der Waals surface area contributed by atoms with Gasteiger partial charge in [-0.25, -0.2) is 4.39 Å². The average Bonchev–Trinajstić information content (AvgIpc) is 2.48. The maximum atomic E-state index is 13.6. The number of rotatable bonds is 4. The van der Waals surface area contributed by atoms with Crippen molar-refractivity contribution >= 4 is 17.3 Å². The highest BCUT2D eigenvalue weighted by atomic mass is 32.1. The number of quaternary nitrogens is 1. The van der Waals surface area contributed by atoms with Crippen molar-refractivity contribution in [2.75, 3.05) is 32.7 Å². The minimum atomic E-state index is -0.106. The fourth-order valence-corrected chi connectivity index (χ4v) is 2.65. The van der Waals surface area contributed by atoms with Crippen LogP contribution < -0.4 is 10.2 Å². The molecule has 3 nitrogen and oxygen atoms in total. The Balaban J connectivity index is 1.81. The van der Waals surface area contributed by atoms with Gasteiger partial charge in [0.2, 0.25) is 0 Å². The van der Waals surface area contributed by atoms with Crippen LogP contribution in [-0.4, -0.2) is 42.7 Å². The molecular formula is C15H21FN3S+. The lowest BCUT2D eigenvalue weighted by Crippen LogP contribution is -3.13. The molecule has 2 rings (SSSR count). The Morgan fingerprint density at radius 1 is 1.40 bits per heavy atom. The van der Waals surface area contributed by atoms with Gasteiger partial charge < -0.3 is 15.1 Å². The van der Waals surface area contributed by atoms with Crippen LogP contribution in [0.15, 0.2) is 36.9 Å². The van der Waals surface area contributed by atoms with E-state index < -0.39 is 0 Å². The van der Waals surface area contributed by atoms with Gasteiger partial charge in [0, 0.05) is 12.1 Å². The molecule has 0 amide bonds. The summed E-state index contributed by atoms with van der Waals surface area (Å²) in [6, 6.07) is 7.02. The number of hydrogen-bond donors (Lipinski definition) is 2. The summed E-state index contributed by atoms with van der Waals surface area (Å²) >= 11 is 5.33. The SMILES string of the molecule is C=CCNC(=S)N1CC[NH+](Cc2ccccc2F)CC1. The molecule has 1 aliphatic rings. The molecule has 0 aliphatic carbocycles. The Kier molecular flexibility index (Phi) is 5.49. The second kappa shape index (κ2) is 7.36. The molecule has 0 aromatic heterocycles. The topological polar surface area (TPSA) is 19.7 Å². The number of hydrogen-bond acceptors (Lipinski definition) is 1. The van der Waals surface area contributed by atoms with Gasteiger partial charge in [-0.05, 0) is 18.3 Å². The normalized spacial score (nSPS) is 15.9. The molecule has 0 saturated carbocycles. The smallest absolute Gasteiger partial charge is 0.169 e. The molecular weight excluding hydrogens is 273 g/mol. The minimum Gasteiger partial charge on any atom is -0.359 e. The lowest BCUT2D eigenvalue weighted by atomic mass is 10.2. The molecule has 1 fully saturated rings. The summed E-state index contributed by atoms with van der Waals surface area (Å²) < 4.78 is 13.6. The van der Waals surface area contributed by atoms with E-state index in [2.05, 4.69) is 16.8 Å². The third-order valence-electron chi connectivity index (χ3n) is 3.55. The Bertz CT molecular complexity index is 470. The Labute approximate surface area is 125 Å². The molecule has 108 valence electrons. The fourth-order valence-electron chi connectivity index (χ4n) is 2.39. The summed E-state index contributed by atoms with van der Waals surface area (Å²) in [5.41, 5.74) is 0.795. The van der Waals surface area contributed by atoms with Crippen molar-refractivity contribution in [2.24, 2.45) is 0 Å². The molecule has 0 atom stereocenters. The zero-order chi connectivity index (χ0) is 14.4. The van der Waals surface area contributed by atoms with E-state index >= 15 is 0 Å². The van der Waals surface area contributed by atoms with Crippen LogP contribution in [0.25, 0.3) is 0 Å². The van der Waals surface area contributed by atoms with Gasteiger partial charge in [-0.1, -0.05) is 24.3 Å². The third kappa shape index (κ3) is 4.02. The van der Waals surface area contributed by atoms with Crippen LogP contribution in [-0.2, 0) is 6.54 Å². The summed E-state index contributed by atoms with van der Waals surface area (Å²) in [7, 11) is 0. The van der Waals surface area contributed by atoms with Crippen LogP contribution in [0.2, 0.25) is 0 Å². The number of nitrogens with one attached hydrogen (secondary N) is 2. The van der Waals surface area contributed by atoms with E-state index in [1.54, 1.807) is 12.1 Å². The van der Waals surface area contributed by atoms with Gasteiger partial charge in [0.05, 0.1) is 26.2 Å².